The van der Waals surface area contributed by atoms with E-state index in [1.807, 2.05) is 0 Å². The summed E-state index contributed by atoms with van der Waals surface area (Å²) in [6.07, 6.45) is 32.9. The van der Waals surface area contributed by atoms with E-state index in [9.17, 15) is 0 Å². The molecule has 6 unspecified atom stereocenters. The summed E-state index contributed by atoms with van der Waals surface area (Å²) >= 11 is 0. The fraction of sp³-hybridized carbons (Fsp3) is 0.562. The van der Waals surface area contributed by atoms with Crippen LogP contribution in [0.5, 0.6) is 0 Å². The van der Waals surface area contributed by atoms with Crippen molar-refractivity contribution < 1.29 is 9.47 Å². The van der Waals surface area contributed by atoms with Gasteiger partial charge >= 0.3 is 0 Å². The van der Waals surface area contributed by atoms with E-state index in [2.05, 4.69) is 216 Å². The second-order valence-corrected chi connectivity index (χ2v) is 44.6. The summed E-state index contributed by atoms with van der Waals surface area (Å²) in [4.78, 5) is 0. The molecule has 0 saturated heterocycles. The molecule has 0 spiro atoms. The van der Waals surface area contributed by atoms with Gasteiger partial charge in [-0.15, -0.1) is 0 Å². The molecular weight excluding hydrogens is 1020 g/mol. The molecule has 0 amide bonds. The summed E-state index contributed by atoms with van der Waals surface area (Å²) in [7, 11) is -5.44. The normalized spacial score (nSPS) is 22.5. The van der Waals surface area contributed by atoms with E-state index in [1.165, 1.54) is 120 Å². The maximum Gasteiger partial charge on any atom is 0.104 e. The Morgan fingerprint density at radius 2 is 0.797 bits per heavy atom. The molecule has 0 N–H and O–H groups in total. The van der Waals surface area contributed by atoms with E-state index in [1.54, 1.807) is 55.7 Å². The van der Waals surface area contributed by atoms with E-state index in [-0.39, 0.29) is 11.2 Å². The monoisotopic (exact) mass is 1130 g/mol. The van der Waals surface area contributed by atoms with Gasteiger partial charge in [0, 0.05) is 52.2 Å². The Labute approximate surface area is 489 Å². The molecule has 2 saturated carbocycles. The maximum absolute atomic E-state index is 6.82. The van der Waals surface area contributed by atoms with Gasteiger partial charge in [0.25, 0.3) is 0 Å². The lowest BCUT2D eigenvalue weighted by Crippen LogP contribution is -2.51. The van der Waals surface area contributed by atoms with Gasteiger partial charge < -0.3 is 9.47 Å². The van der Waals surface area contributed by atoms with Crippen molar-refractivity contribution in [3.8, 4) is 0 Å². The molecule has 0 bridgehead atoms. The lowest BCUT2D eigenvalue weighted by atomic mass is 9.84. The van der Waals surface area contributed by atoms with Gasteiger partial charge in [-0.25, -0.2) is 0 Å². The van der Waals surface area contributed by atoms with Crippen molar-refractivity contribution in [1.29, 1.82) is 0 Å². The van der Waals surface area contributed by atoms with Crippen LogP contribution in [0.15, 0.2) is 120 Å². The van der Waals surface area contributed by atoms with Crippen LogP contribution in [-0.2, 0) is 9.47 Å². The van der Waals surface area contributed by atoms with Crippen LogP contribution in [-0.4, -0.2) is 57.4 Å². The minimum absolute atomic E-state index is 0.131. The van der Waals surface area contributed by atoms with Gasteiger partial charge in [-0.2, -0.15) is 0 Å². The number of ether oxygens (including phenoxy) is 2. The molecule has 2 fully saturated rings. The van der Waals surface area contributed by atoms with Gasteiger partial charge in [-0.3, -0.25) is 0 Å². The average molecular weight is 1130 g/mol. The Morgan fingerprint density at radius 3 is 1.14 bits per heavy atom. The predicted octanol–water partition coefficient (Wildman–Crippen LogP) is 20.8. The largest absolute Gasteiger partial charge is 0.379 e. The summed E-state index contributed by atoms with van der Waals surface area (Å²) in [5.74, 6) is 1.72. The van der Waals surface area contributed by atoms with Crippen molar-refractivity contribution >= 4 is 57.0 Å². The van der Waals surface area contributed by atoms with Crippen molar-refractivity contribution in [3.63, 3.8) is 0 Å². The Balaban J connectivity index is 0.000000198. The highest BCUT2D eigenvalue weighted by atomic mass is 28.3. The number of fused-ring (bicyclic) bond motifs is 4. The van der Waals surface area contributed by atoms with Crippen LogP contribution >= 0.6 is 0 Å². The Bertz CT molecular complexity index is 2570. The summed E-state index contributed by atoms with van der Waals surface area (Å²) in [6, 6.07) is 40.2. The molecule has 6 atom stereocenters. The highest BCUT2D eigenvalue weighted by Gasteiger charge is 2.52. The van der Waals surface area contributed by atoms with Gasteiger partial charge in [0.05, 0.1) is 11.2 Å². The van der Waals surface area contributed by atoms with Gasteiger partial charge in [0.2, 0.25) is 0 Å². The molecule has 0 aromatic heterocycles. The first-order valence-electron chi connectivity index (χ1n) is 32.2. The zero-order valence-electron chi connectivity index (χ0n) is 52.4. The number of benzene rings is 4. The fourth-order valence-corrected chi connectivity index (χ4v) is 26.8. The second-order valence-electron chi connectivity index (χ2n) is 28.9. The molecule has 79 heavy (non-hydrogen) atoms. The van der Waals surface area contributed by atoms with Crippen molar-refractivity contribution in [2.45, 2.75) is 236 Å². The van der Waals surface area contributed by atoms with E-state index in [0.717, 1.165) is 24.3 Å². The van der Waals surface area contributed by atoms with E-state index >= 15 is 0 Å². The summed E-state index contributed by atoms with van der Waals surface area (Å²) in [6.45, 7) is 33.1. The van der Waals surface area contributed by atoms with Gasteiger partial charge in [-0.05, 0) is 135 Å². The minimum Gasteiger partial charge on any atom is -0.379 e. The molecule has 0 radical (unpaired) electrons. The fourth-order valence-electron chi connectivity index (χ4n) is 14.9. The molecule has 6 heteroatoms. The van der Waals surface area contributed by atoms with Crippen LogP contribution in [0.4, 0.5) is 0 Å². The van der Waals surface area contributed by atoms with Gasteiger partial charge in [-0.1, -0.05) is 268 Å². The molecule has 6 aliphatic rings. The van der Waals surface area contributed by atoms with Crippen molar-refractivity contribution in [1.82, 2.24) is 0 Å². The van der Waals surface area contributed by atoms with Crippen LogP contribution in [0.25, 0.3) is 23.3 Å². The molecular formula is C73H108O2Si4. The lowest BCUT2D eigenvalue weighted by Gasteiger charge is -2.42. The maximum atomic E-state index is 6.82. The minimum atomic E-state index is -2.09. The first kappa shape index (κ1) is 61.7. The molecule has 428 valence electrons. The number of hydrogen-bond donors (Lipinski definition) is 0. The highest BCUT2D eigenvalue weighted by molar-refractivity contribution is 6.83. The zero-order chi connectivity index (χ0) is 56.5. The quantitative estimate of drug-likeness (QED) is 0.0925. The summed E-state index contributed by atoms with van der Waals surface area (Å²) in [5.41, 5.74) is 20.8. The van der Waals surface area contributed by atoms with Crippen LogP contribution < -0.4 is 0 Å². The van der Waals surface area contributed by atoms with Crippen LogP contribution in [0, 0.1) is 11.8 Å². The topological polar surface area (TPSA) is 18.5 Å². The predicted molar refractivity (Wildman–Crippen MR) is 358 cm³/mol. The van der Waals surface area contributed by atoms with Crippen LogP contribution in [0.1, 0.15) is 218 Å². The average Bonchev–Trinajstić information content (AvgIpc) is 4.41. The third-order valence-electron chi connectivity index (χ3n) is 18.9. The molecule has 2 nitrogen and oxygen atoms in total. The van der Waals surface area contributed by atoms with Gasteiger partial charge in [0.1, 0.15) is 16.1 Å². The molecule has 0 heterocycles. The second kappa shape index (κ2) is 27.3. The Kier molecular flexibility index (Phi) is 21.4. The lowest BCUT2D eigenvalue weighted by molar-refractivity contribution is 0.0207. The van der Waals surface area contributed by atoms with Gasteiger partial charge in [0.15, 0.2) is 0 Å². The first-order valence-corrected chi connectivity index (χ1v) is 44.2. The van der Waals surface area contributed by atoms with E-state index in [0.29, 0.717) is 22.2 Å². The number of rotatable bonds is 18. The van der Waals surface area contributed by atoms with Crippen molar-refractivity contribution in [2.24, 2.45) is 11.8 Å². The Hall–Kier alpha value is -3.37. The Morgan fingerprint density at radius 1 is 0.468 bits per heavy atom. The molecule has 6 aliphatic carbocycles. The molecule has 4 aromatic rings. The smallest absolute Gasteiger partial charge is 0.104 e. The highest BCUT2D eigenvalue weighted by Crippen LogP contribution is 2.56. The third kappa shape index (κ3) is 15.3. The standard InChI is InChI=1S/2C35H50OSi2.C3H8/c2*1-35(2,3)36-25-38(6,34-28(20-21-37(4)5)23-27-16-10-11-18-31(27)34)33-24-29(22-26-14-8-7-9-15-26)30-17-12-13-19-32(30)33;1-3-2/h2*10-13,16-19,23-24,26,33-34,37H,7-9,14-15,20-22,25H2,1-6H3;3H2,1-2H3. The summed E-state index contributed by atoms with van der Waals surface area (Å²) < 4.78 is 13.6. The molecule has 4 aromatic carbocycles. The first-order chi connectivity index (χ1) is 37.7. The SMILES string of the molecule is CCC.C[SiH](C)CCC1=Cc2ccccc2C1[Si](C)(COC(C)(C)C)C1C=C(CC2CCCCC2)c2ccccc21.C[SiH](C)CCC1=Cc2ccccc2C1[Si](C)(COC(C)(C)C)C1C=C(CC2CCCCC2)c2ccccc21. The van der Waals surface area contributed by atoms with E-state index < -0.39 is 33.7 Å². The van der Waals surface area contributed by atoms with Crippen LogP contribution in [0.3, 0.4) is 0 Å². The zero-order valence-corrected chi connectivity index (χ0v) is 56.7. The third-order valence-corrected chi connectivity index (χ3v) is 31.1. The number of hydrogen-bond acceptors (Lipinski definition) is 2. The van der Waals surface area contributed by atoms with Crippen molar-refractivity contribution in [2.75, 3.05) is 12.5 Å². The van der Waals surface area contributed by atoms with Crippen molar-refractivity contribution in [3.05, 3.63) is 165 Å². The summed E-state index contributed by atoms with van der Waals surface area (Å²) in [5, 5.41) is 0. The molecule has 0 aliphatic heterocycles. The molecule has 10 rings (SSSR count). The van der Waals surface area contributed by atoms with Crippen LogP contribution in [0.2, 0.25) is 51.4 Å². The number of allylic oxidation sites excluding steroid dienone is 6. The van der Waals surface area contributed by atoms with E-state index in [4.69, 9.17) is 9.47 Å².